The summed E-state index contributed by atoms with van der Waals surface area (Å²) in [6, 6.07) is -1.43. The van der Waals surface area contributed by atoms with Crippen LogP contribution < -0.4 is 0 Å². The van der Waals surface area contributed by atoms with Crippen molar-refractivity contribution in [2.24, 2.45) is 11.8 Å². The van der Waals surface area contributed by atoms with E-state index in [0.29, 0.717) is 45.2 Å². The van der Waals surface area contributed by atoms with E-state index in [0.717, 1.165) is 19.3 Å². The standard InChI is InChI=1S/C28H44N2O6/c1-6-11-13-17-29(16-8-3)25(33)23-28-15-14-27(10-5,36-28)22(26(34)35-18-12-7-2)21(28)24(32)30(23)20(9-4)19-31/h7-8,20-23,31H,2-3,6,9-19H2,1,4-5H3/t20-,21-,22-,23?,27+,28?/m0/s1. The number of carbonyl (C=O) groups excluding carboxylic acids is 3. The van der Waals surface area contributed by atoms with E-state index in [1.807, 2.05) is 13.8 Å². The fraction of sp³-hybridized carbons (Fsp3) is 0.750. The highest BCUT2D eigenvalue weighted by atomic mass is 16.6. The van der Waals surface area contributed by atoms with Gasteiger partial charge in [0.15, 0.2) is 0 Å². The summed E-state index contributed by atoms with van der Waals surface area (Å²) in [5.41, 5.74) is -1.94. The molecule has 0 radical (unpaired) electrons. The van der Waals surface area contributed by atoms with Crippen molar-refractivity contribution in [2.45, 2.75) is 95.4 Å². The number of nitrogens with zero attached hydrogens (tertiary/aromatic N) is 2. The van der Waals surface area contributed by atoms with E-state index in [9.17, 15) is 19.5 Å². The van der Waals surface area contributed by atoms with Crippen LogP contribution >= 0.6 is 0 Å². The maximum atomic E-state index is 14.2. The van der Waals surface area contributed by atoms with Crippen LogP contribution in [0.4, 0.5) is 0 Å². The van der Waals surface area contributed by atoms with Crippen LogP contribution in [0, 0.1) is 11.8 Å². The number of esters is 1. The van der Waals surface area contributed by atoms with Gasteiger partial charge in [0.2, 0.25) is 11.8 Å². The van der Waals surface area contributed by atoms with Gasteiger partial charge < -0.3 is 24.4 Å². The Morgan fingerprint density at radius 3 is 2.58 bits per heavy atom. The molecule has 3 aliphatic heterocycles. The highest BCUT2D eigenvalue weighted by molar-refractivity contribution is 5.98. The molecule has 3 fully saturated rings. The van der Waals surface area contributed by atoms with E-state index < -0.39 is 41.1 Å². The molecule has 0 aromatic carbocycles. The number of unbranched alkanes of at least 4 members (excludes halogenated alkanes) is 2. The van der Waals surface area contributed by atoms with Gasteiger partial charge in [-0.1, -0.05) is 45.8 Å². The van der Waals surface area contributed by atoms with Gasteiger partial charge in [-0.05, 0) is 38.5 Å². The van der Waals surface area contributed by atoms with E-state index in [1.165, 1.54) is 4.90 Å². The first-order chi connectivity index (χ1) is 17.3. The first-order valence-electron chi connectivity index (χ1n) is 13.6. The molecule has 36 heavy (non-hydrogen) atoms. The van der Waals surface area contributed by atoms with Gasteiger partial charge in [0, 0.05) is 13.1 Å². The summed E-state index contributed by atoms with van der Waals surface area (Å²) in [4.78, 5) is 45.0. The predicted molar refractivity (Wildman–Crippen MR) is 137 cm³/mol. The first kappa shape index (κ1) is 28.4. The summed E-state index contributed by atoms with van der Waals surface area (Å²) < 4.78 is 12.3. The van der Waals surface area contributed by atoms with Crippen LogP contribution in [-0.4, -0.2) is 82.3 Å². The monoisotopic (exact) mass is 504 g/mol. The largest absolute Gasteiger partial charge is 0.465 e. The Balaban J connectivity index is 2.06. The minimum absolute atomic E-state index is 0.192. The average molecular weight is 505 g/mol. The molecule has 3 saturated heterocycles. The Morgan fingerprint density at radius 2 is 2.00 bits per heavy atom. The molecule has 2 amide bonds. The van der Waals surface area contributed by atoms with Gasteiger partial charge in [0.05, 0.1) is 30.8 Å². The second-order valence-corrected chi connectivity index (χ2v) is 10.3. The smallest absolute Gasteiger partial charge is 0.312 e. The lowest BCUT2D eigenvalue weighted by molar-refractivity contribution is -0.163. The minimum Gasteiger partial charge on any atom is -0.465 e. The zero-order chi connectivity index (χ0) is 26.5. The van der Waals surface area contributed by atoms with Crippen molar-refractivity contribution in [3.05, 3.63) is 25.3 Å². The van der Waals surface area contributed by atoms with Crippen LogP contribution in [0.5, 0.6) is 0 Å². The molecule has 0 aromatic heterocycles. The van der Waals surface area contributed by atoms with Gasteiger partial charge in [0.25, 0.3) is 0 Å². The van der Waals surface area contributed by atoms with Crippen LogP contribution in [0.1, 0.15) is 72.1 Å². The van der Waals surface area contributed by atoms with Crippen LogP contribution in [0.3, 0.4) is 0 Å². The predicted octanol–water partition coefficient (Wildman–Crippen LogP) is 3.24. The lowest BCUT2D eigenvalue weighted by Crippen LogP contribution is -2.59. The van der Waals surface area contributed by atoms with Gasteiger partial charge in [-0.2, -0.15) is 0 Å². The van der Waals surface area contributed by atoms with Crippen molar-refractivity contribution >= 4 is 17.8 Å². The average Bonchev–Trinajstić information content (AvgIpc) is 3.48. The van der Waals surface area contributed by atoms with E-state index in [2.05, 4.69) is 20.1 Å². The zero-order valence-corrected chi connectivity index (χ0v) is 22.2. The van der Waals surface area contributed by atoms with Crippen LogP contribution in [0.15, 0.2) is 25.3 Å². The summed E-state index contributed by atoms with van der Waals surface area (Å²) in [6.07, 6.45) is 8.89. The SMILES string of the molecule is C=CCCOC(=O)[C@@H]1[C@H]2C(=O)N([C@@H](CC)CO)C(C(=O)N(CC=C)CCCCC)C23CC[C@@]1(CC)O3. The second-order valence-electron chi connectivity index (χ2n) is 10.3. The Kier molecular flexibility index (Phi) is 9.39. The number of hydrogen-bond donors (Lipinski definition) is 1. The summed E-state index contributed by atoms with van der Waals surface area (Å²) in [5, 5.41) is 10.2. The molecule has 1 N–H and O–H groups in total. The number of aliphatic hydroxyl groups is 1. The van der Waals surface area contributed by atoms with Crippen molar-refractivity contribution in [1.29, 1.82) is 0 Å². The molecule has 3 aliphatic rings. The van der Waals surface area contributed by atoms with Gasteiger partial charge >= 0.3 is 5.97 Å². The van der Waals surface area contributed by atoms with Crippen LogP contribution in [0.2, 0.25) is 0 Å². The van der Waals surface area contributed by atoms with Gasteiger partial charge in [-0.25, -0.2) is 0 Å². The third-order valence-corrected chi connectivity index (χ3v) is 8.44. The van der Waals surface area contributed by atoms with Crippen LogP contribution in [0.25, 0.3) is 0 Å². The minimum atomic E-state index is -1.11. The van der Waals surface area contributed by atoms with Gasteiger partial charge in [0.1, 0.15) is 17.6 Å². The summed E-state index contributed by atoms with van der Waals surface area (Å²) in [6.45, 7) is 14.3. The second kappa shape index (κ2) is 11.9. The first-order valence-corrected chi connectivity index (χ1v) is 13.6. The fourth-order valence-electron chi connectivity index (χ4n) is 6.61. The number of fused-ring (bicyclic) bond motifs is 1. The maximum absolute atomic E-state index is 14.2. The summed E-state index contributed by atoms with van der Waals surface area (Å²) in [5.74, 6) is -2.52. The topological polar surface area (TPSA) is 96.4 Å². The maximum Gasteiger partial charge on any atom is 0.312 e. The molecule has 3 heterocycles. The van der Waals surface area contributed by atoms with Crippen molar-refractivity contribution < 1.29 is 29.0 Å². The highest BCUT2D eigenvalue weighted by Gasteiger charge is 2.79. The molecule has 0 saturated carbocycles. The Hall–Kier alpha value is -2.19. The number of rotatable bonds is 15. The molecule has 0 aromatic rings. The molecular formula is C28H44N2O6. The quantitative estimate of drug-likeness (QED) is 0.209. The summed E-state index contributed by atoms with van der Waals surface area (Å²) in [7, 11) is 0. The number of ether oxygens (including phenoxy) is 2. The number of hydrogen-bond acceptors (Lipinski definition) is 6. The molecule has 0 aliphatic carbocycles. The van der Waals surface area contributed by atoms with Gasteiger partial charge in [-0.3, -0.25) is 14.4 Å². The molecule has 6 atom stereocenters. The molecule has 8 heteroatoms. The number of likely N-dealkylation sites (tertiary alicyclic amines) is 1. The van der Waals surface area contributed by atoms with Crippen molar-refractivity contribution in [1.82, 2.24) is 9.80 Å². The molecule has 202 valence electrons. The van der Waals surface area contributed by atoms with Crippen molar-refractivity contribution in [2.75, 3.05) is 26.3 Å². The third kappa shape index (κ3) is 4.62. The Morgan fingerprint density at radius 1 is 1.25 bits per heavy atom. The highest BCUT2D eigenvalue weighted by Crippen LogP contribution is 2.64. The molecule has 1 spiro atoms. The lowest BCUT2D eigenvalue weighted by atomic mass is 9.65. The van der Waals surface area contributed by atoms with Crippen molar-refractivity contribution in [3.63, 3.8) is 0 Å². The number of carbonyl (C=O) groups is 3. The normalized spacial score (nSPS) is 31.3. The molecule has 2 unspecified atom stereocenters. The number of aliphatic hydroxyl groups excluding tert-OH is 1. The third-order valence-electron chi connectivity index (χ3n) is 8.44. The van der Waals surface area contributed by atoms with E-state index in [-0.39, 0.29) is 25.0 Å². The fourth-order valence-corrected chi connectivity index (χ4v) is 6.61. The lowest BCUT2D eigenvalue weighted by Gasteiger charge is -2.39. The van der Waals surface area contributed by atoms with Crippen molar-refractivity contribution in [3.8, 4) is 0 Å². The summed E-state index contributed by atoms with van der Waals surface area (Å²) >= 11 is 0. The zero-order valence-electron chi connectivity index (χ0n) is 22.2. The molecule has 8 nitrogen and oxygen atoms in total. The molecule has 2 bridgehead atoms. The number of amides is 2. The van der Waals surface area contributed by atoms with Crippen LogP contribution in [-0.2, 0) is 23.9 Å². The molecule has 3 rings (SSSR count). The Labute approximate surface area is 215 Å². The van der Waals surface area contributed by atoms with Gasteiger partial charge in [-0.15, -0.1) is 13.2 Å². The molecular weight excluding hydrogens is 460 g/mol. The van der Waals surface area contributed by atoms with E-state index in [1.54, 1.807) is 17.1 Å². The Bertz CT molecular complexity index is 842. The van der Waals surface area contributed by atoms with E-state index in [4.69, 9.17) is 9.47 Å². The van der Waals surface area contributed by atoms with E-state index >= 15 is 0 Å².